The summed E-state index contributed by atoms with van der Waals surface area (Å²) in [7, 11) is 1.63. The minimum Gasteiger partial charge on any atom is -0.497 e. The second-order valence-corrected chi connectivity index (χ2v) is 9.77. The summed E-state index contributed by atoms with van der Waals surface area (Å²) in [6.07, 6.45) is 0. The van der Waals surface area contributed by atoms with Gasteiger partial charge < -0.3 is 9.47 Å². The number of hydrogen-bond donors (Lipinski definition) is 0. The predicted molar refractivity (Wildman–Crippen MR) is 119 cm³/mol. The number of rotatable bonds is 6. The maximum atomic E-state index is 13.3. The summed E-state index contributed by atoms with van der Waals surface area (Å²) in [6.45, 7) is 4.35. The smallest absolute Gasteiger partial charge is 0.262 e. The van der Waals surface area contributed by atoms with Crippen molar-refractivity contribution in [2.75, 3.05) is 51.4 Å². The molecule has 0 N–H and O–H groups in total. The van der Waals surface area contributed by atoms with Crippen molar-refractivity contribution in [2.24, 2.45) is 0 Å². The fourth-order valence-corrected chi connectivity index (χ4v) is 5.58. The zero-order chi connectivity index (χ0) is 20.4. The number of hydrogen-bond acceptors (Lipinski definition) is 7. The molecule has 154 valence electrons. The number of nitrogens with zero attached hydrogens (tertiary/aromatic N) is 3. The molecule has 1 saturated heterocycles. The standard InChI is InChI=1S/C19H19Cl2N3O3S2/c1-26-12-2-3-14-15(10-12)28-19(22-14)24(5-4-23-6-8-27-9-7-23)18(25)13-11-16(20)29-17(13)21/h2-3,10-11H,4-9H2,1H3. The molecule has 4 rings (SSSR count). The second-order valence-electron chi connectivity index (χ2n) is 6.48. The second kappa shape index (κ2) is 9.16. The average molecular weight is 472 g/mol. The van der Waals surface area contributed by atoms with Gasteiger partial charge in [0.05, 0.1) is 40.4 Å². The number of morpholine rings is 1. The largest absolute Gasteiger partial charge is 0.497 e. The highest BCUT2D eigenvalue weighted by atomic mass is 35.5. The molecule has 29 heavy (non-hydrogen) atoms. The molecule has 1 aromatic carbocycles. The van der Waals surface area contributed by atoms with Crippen LogP contribution < -0.4 is 9.64 Å². The van der Waals surface area contributed by atoms with E-state index in [0.29, 0.717) is 39.1 Å². The SMILES string of the molecule is COc1ccc2nc(N(CCN3CCOCC3)C(=O)c3cc(Cl)sc3Cl)sc2c1. The molecule has 3 aromatic rings. The Labute approximate surface area is 186 Å². The average Bonchev–Trinajstić information content (AvgIpc) is 3.30. The molecule has 1 aliphatic rings. The van der Waals surface area contributed by atoms with Crippen LogP contribution in [0.4, 0.5) is 5.13 Å². The van der Waals surface area contributed by atoms with Gasteiger partial charge in [-0.15, -0.1) is 11.3 Å². The van der Waals surface area contributed by atoms with E-state index < -0.39 is 0 Å². The summed E-state index contributed by atoms with van der Waals surface area (Å²) in [4.78, 5) is 22.0. The quantitative estimate of drug-likeness (QED) is 0.523. The van der Waals surface area contributed by atoms with Crippen molar-refractivity contribution in [3.05, 3.63) is 38.5 Å². The summed E-state index contributed by atoms with van der Waals surface area (Å²) in [5.41, 5.74) is 1.23. The Morgan fingerprint density at radius 3 is 2.76 bits per heavy atom. The number of ether oxygens (including phenoxy) is 2. The number of methoxy groups -OCH3 is 1. The molecule has 1 aliphatic heterocycles. The molecule has 0 saturated carbocycles. The van der Waals surface area contributed by atoms with Crippen molar-refractivity contribution in [3.8, 4) is 5.75 Å². The van der Waals surface area contributed by atoms with E-state index in [4.69, 9.17) is 32.7 Å². The Kier molecular flexibility index (Phi) is 6.58. The zero-order valence-electron chi connectivity index (χ0n) is 15.7. The van der Waals surface area contributed by atoms with Crippen molar-refractivity contribution < 1.29 is 14.3 Å². The van der Waals surface area contributed by atoms with Gasteiger partial charge in [0.1, 0.15) is 10.1 Å². The molecule has 2 aromatic heterocycles. The van der Waals surface area contributed by atoms with Gasteiger partial charge in [-0.2, -0.15) is 0 Å². The monoisotopic (exact) mass is 471 g/mol. The van der Waals surface area contributed by atoms with Crippen LogP contribution in [0.15, 0.2) is 24.3 Å². The number of anilines is 1. The molecular weight excluding hydrogens is 453 g/mol. The minimum atomic E-state index is -0.197. The molecule has 0 atom stereocenters. The van der Waals surface area contributed by atoms with E-state index >= 15 is 0 Å². The van der Waals surface area contributed by atoms with Crippen LogP contribution in [0, 0.1) is 0 Å². The minimum absolute atomic E-state index is 0.197. The van der Waals surface area contributed by atoms with Crippen molar-refractivity contribution >= 4 is 67.1 Å². The molecule has 6 nitrogen and oxygen atoms in total. The van der Waals surface area contributed by atoms with Crippen molar-refractivity contribution in [1.82, 2.24) is 9.88 Å². The van der Waals surface area contributed by atoms with E-state index in [1.807, 2.05) is 18.2 Å². The third-order valence-electron chi connectivity index (χ3n) is 4.69. The summed E-state index contributed by atoms with van der Waals surface area (Å²) in [5.74, 6) is 0.559. The van der Waals surface area contributed by atoms with Gasteiger partial charge in [0.2, 0.25) is 0 Å². The molecule has 1 fully saturated rings. The van der Waals surface area contributed by atoms with Crippen LogP contribution in [-0.2, 0) is 4.74 Å². The summed E-state index contributed by atoms with van der Waals surface area (Å²) in [6, 6.07) is 7.30. The van der Waals surface area contributed by atoms with Crippen molar-refractivity contribution in [2.45, 2.75) is 0 Å². The first-order valence-electron chi connectivity index (χ1n) is 9.06. The van der Waals surface area contributed by atoms with E-state index in [2.05, 4.69) is 9.88 Å². The Bertz CT molecular complexity index is 1020. The van der Waals surface area contributed by atoms with Crippen molar-refractivity contribution in [3.63, 3.8) is 0 Å². The van der Waals surface area contributed by atoms with E-state index in [9.17, 15) is 4.79 Å². The highest BCUT2D eigenvalue weighted by Crippen LogP contribution is 2.35. The molecule has 0 radical (unpaired) electrons. The molecular formula is C19H19Cl2N3O3S2. The van der Waals surface area contributed by atoms with E-state index in [-0.39, 0.29) is 5.91 Å². The first kappa shape index (κ1) is 20.8. The molecule has 0 aliphatic carbocycles. The number of fused-ring (bicyclic) bond motifs is 1. The predicted octanol–water partition coefficient (Wildman–Crippen LogP) is 4.65. The normalized spacial score (nSPS) is 15.0. The highest BCUT2D eigenvalue weighted by molar-refractivity contribution is 7.22. The summed E-state index contributed by atoms with van der Waals surface area (Å²) < 4.78 is 12.5. The molecule has 0 unspecified atom stereocenters. The van der Waals surface area contributed by atoms with Crippen LogP contribution in [0.2, 0.25) is 8.67 Å². The van der Waals surface area contributed by atoms with Gasteiger partial charge in [0, 0.05) is 26.2 Å². The van der Waals surface area contributed by atoms with Gasteiger partial charge in [-0.25, -0.2) is 4.98 Å². The number of amides is 1. The summed E-state index contributed by atoms with van der Waals surface area (Å²) >= 11 is 15.0. The molecule has 1 amide bonds. The number of carbonyl (C=O) groups is 1. The first-order chi connectivity index (χ1) is 14.0. The lowest BCUT2D eigenvalue weighted by atomic mass is 10.3. The lowest BCUT2D eigenvalue weighted by Crippen LogP contribution is -2.43. The number of thiophene rings is 1. The Morgan fingerprint density at radius 2 is 2.07 bits per heavy atom. The Hall–Kier alpha value is -1.42. The maximum absolute atomic E-state index is 13.3. The van der Waals surface area contributed by atoms with Crippen molar-refractivity contribution in [1.29, 1.82) is 0 Å². The van der Waals surface area contributed by atoms with Crippen LogP contribution in [0.3, 0.4) is 0 Å². The van der Waals surface area contributed by atoms with E-state index in [1.165, 1.54) is 22.7 Å². The highest BCUT2D eigenvalue weighted by Gasteiger charge is 2.26. The fraction of sp³-hybridized carbons (Fsp3) is 0.368. The number of benzene rings is 1. The van der Waals surface area contributed by atoms with Gasteiger partial charge in [-0.1, -0.05) is 34.5 Å². The third-order valence-corrected chi connectivity index (χ3v) is 7.22. The molecule has 10 heteroatoms. The summed E-state index contributed by atoms with van der Waals surface area (Å²) in [5, 5.41) is 0.630. The van der Waals surface area contributed by atoms with Gasteiger partial charge in [0.15, 0.2) is 5.13 Å². The van der Waals surface area contributed by atoms with Gasteiger partial charge in [-0.3, -0.25) is 14.6 Å². The Balaban J connectivity index is 1.65. The van der Waals surface area contributed by atoms with Crippen LogP contribution in [-0.4, -0.2) is 62.3 Å². The van der Waals surface area contributed by atoms with Crippen LogP contribution in [0.25, 0.3) is 10.2 Å². The van der Waals surface area contributed by atoms with Gasteiger partial charge in [0.25, 0.3) is 5.91 Å². The fourth-order valence-electron chi connectivity index (χ4n) is 3.12. The molecule has 0 bridgehead atoms. The number of aromatic nitrogens is 1. The lowest BCUT2D eigenvalue weighted by molar-refractivity contribution is 0.0391. The number of halogens is 2. The van der Waals surface area contributed by atoms with E-state index in [1.54, 1.807) is 18.1 Å². The van der Waals surface area contributed by atoms with E-state index in [0.717, 1.165) is 35.6 Å². The van der Waals surface area contributed by atoms with Gasteiger partial charge in [-0.05, 0) is 24.3 Å². The first-order valence-corrected chi connectivity index (χ1v) is 11.5. The number of thiazole rings is 1. The lowest BCUT2D eigenvalue weighted by Gasteiger charge is -2.29. The van der Waals surface area contributed by atoms with Crippen LogP contribution >= 0.6 is 45.9 Å². The number of carbonyl (C=O) groups excluding carboxylic acids is 1. The molecule has 3 heterocycles. The zero-order valence-corrected chi connectivity index (χ0v) is 18.8. The topological polar surface area (TPSA) is 54.9 Å². The maximum Gasteiger partial charge on any atom is 0.262 e. The molecule has 0 spiro atoms. The Morgan fingerprint density at radius 1 is 1.28 bits per heavy atom. The van der Waals surface area contributed by atoms with Crippen LogP contribution in [0.5, 0.6) is 5.75 Å². The van der Waals surface area contributed by atoms with Crippen LogP contribution in [0.1, 0.15) is 10.4 Å². The third kappa shape index (κ3) is 4.68. The van der Waals surface area contributed by atoms with Gasteiger partial charge >= 0.3 is 0 Å².